The first-order valence-electron chi connectivity index (χ1n) is 4.43. The van der Waals surface area contributed by atoms with E-state index in [4.69, 9.17) is 4.74 Å². The lowest BCUT2D eigenvalue weighted by molar-refractivity contribution is 0.108. The predicted octanol–water partition coefficient (Wildman–Crippen LogP) is 0.785. The molecule has 0 radical (unpaired) electrons. The minimum Gasteiger partial charge on any atom is -0.491 e. The number of ether oxygens (including phenoxy) is 1. The van der Waals surface area contributed by atoms with Gasteiger partial charge in [-0.3, -0.25) is 0 Å². The Morgan fingerprint density at radius 2 is 2.36 bits per heavy atom. The van der Waals surface area contributed by atoms with Gasteiger partial charge in [0.25, 0.3) is 0 Å². The molecule has 0 amide bonds. The molecule has 1 aromatic carbocycles. The van der Waals surface area contributed by atoms with Crippen LogP contribution in [0.1, 0.15) is 0 Å². The molecule has 0 saturated carbocycles. The molecule has 1 unspecified atom stereocenters. The Hall–Kier alpha value is -1.13. The molecule has 0 aliphatic heterocycles. The summed E-state index contributed by atoms with van der Waals surface area (Å²) < 4.78 is 17.9. The van der Waals surface area contributed by atoms with E-state index in [1.807, 2.05) is 0 Å². The molecule has 2 N–H and O–H groups in total. The zero-order chi connectivity index (χ0) is 10.4. The second-order valence-corrected chi connectivity index (χ2v) is 2.98. The normalized spacial score (nSPS) is 12.5. The molecule has 0 aromatic heterocycles. The standard InChI is InChI=1S/C10H14FNO2/c1-12-6-9(13)7-14-10-4-2-3-8(11)5-10/h2-5,9,12-13H,6-7H2,1H3. The molecule has 78 valence electrons. The fraction of sp³-hybridized carbons (Fsp3) is 0.400. The van der Waals surface area contributed by atoms with Crippen molar-refractivity contribution < 1.29 is 14.2 Å². The molecule has 1 atom stereocenters. The Labute approximate surface area is 82.5 Å². The Kier molecular flexibility index (Phi) is 4.35. The van der Waals surface area contributed by atoms with E-state index >= 15 is 0 Å². The molecule has 0 aliphatic rings. The highest BCUT2D eigenvalue weighted by Crippen LogP contribution is 2.11. The molecular weight excluding hydrogens is 185 g/mol. The minimum absolute atomic E-state index is 0.157. The monoisotopic (exact) mass is 199 g/mol. The Bertz CT molecular complexity index is 281. The van der Waals surface area contributed by atoms with E-state index in [2.05, 4.69) is 5.32 Å². The summed E-state index contributed by atoms with van der Waals surface area (Å²) in [6.45, 7) is 0.611. The summed E-state index contributed by atoms with van der Waals surface area (Å²) in [6, 6.07) is 5.84. The highest BCUT2D eigenvalue weighted by atomic mass is 19.1. The smallest absolute Gasteiger partial charge is 0.126 e. The maximum absolute atomic E-state index is 12.7. The van der Waals surface area contributed by atoms with Crippen LogP contribution < -0.4 is 10.1 Å². The third-order valence-electron chi connectivity index (χ3n) is 1.68. The van der Waals surface area contributed by atoms with Crippen LogP contribution in [0.4, 0.5) is 4.39 Å². The van der Waals surface area contributed by atoms with E-state index < -0.39 is 6.10 Å². The van der Waals surface area contributed by atoms with Gasteiger partial charge in [0.1, 0.15) is 24.3 Å². The van der Waals surface area contributed by atoms with Crippen molar-refractivity contribution in [2.75, 3.05) is 20.2 Å². The molecule has 0 bridgehead atoms. The summed E-state index contributed by atoms with van der Waals surface area (Å²) in [4.78, 5) is 0. The van der Waals surface area contributed by atoms with E-state index in [9.17, 15) is 9.50 Å². The van der Waals surface area contributed by atoms with Crippen molar-refractivity contribution in [3.8, 4) is 5.75 Å². The van der Waals surface area contributed by atoms with Crippen LogP contribution in [0, 0.1) is 5.82 Å². The Balaban J connectivity index is 2.37. The third kappa shape index (κ3) is 3.72. The van der Waals surface area contributed by atoms with Gasteiger partial charge in [0.15, 0.2) is 0 Å². The number of benzene rings is 1. The first-order chi connectivity index (χ1) is 6.72. The number of hydrogen-bond acceptors (Lipinski definition) is 3. The Morgan fingerprint density at radius 3 is 3.00 bits per heavy atom. The number of rotatable bonds is 5. The van der Waals surface area contributed by atoms with Gasteiger partial charge in [-0.1, -0.05) is 6.07 Å². The van der Waals surface area contributed by atoms with Gasteiger partial charge in [-0.2, -0.15) is 0 Å². The Morgan fingerprint density at radius 1 is 1.57 bits per heavy atom. The van der Waals surface area contributed by atoms with Crippen LogP contribution in [-0.4, -0.2) is 31.4 Å². The second-order valence-electron chi connectivity index (χ2n) is 2.98. The van der Waals surface area contributed by atoms with Crippen LogP contribution in [0.5, 0.6) is 5.75 Å². The summed E-state index contributed by atoms with van der Waals surface area (Å²) in [6.07, 6.45) is -0.580. The largest absolute Gasteiger partial charge is 0.491 e. The van der Waals surface area contributed by atoms with Crippen LogP contribution in [0.3, 0.4) is 0 Å². The molecule has 0 saturated heterocycles. The molecule has 3 nitrogen and oxygen atoms in total. The van der Waals surface area contributed by atoms with Crippen LogP contribution in [0.2, 0.25) is 0 Å². The van der Waals surface area contributed by atoms with Crippen molar-refractivity contribution in [1.29, 1.82) is 0 Å². The SMILES string of the molecule is CNCC(O)COc1cccc(F)c1. The van der Waals surface area contributed by atoms with Crippen LogP contribution in [0.15, 0.2) is 24.3 Å². The summed E-state index contributed by atoms with van der Waals surface area (Å²) in [7, 11) is 1.74. The van der Waals surface area contributed by atoms with Crippen LogP contribution in [-0.2, 0) is 0 Å². The van der Waals surface area contributed by atoms with Crippen LogP contribution >= 0.6 is 0 Å². The summed E-state index contributed by atoms with van der Waals surface area (Å²) in [5.74, 6) is 0.0887. The van der Waals surface area contributed by atoms with E-state index in [1.165, 1.54) is 12.1 Å². The van der Waals surface area contributed by atoms with E-state index in [1.54, 1.807) is 19.2 Å². The van der Waals surface area contributed by atoms with Gasteiger partial charge in [-0.05, 0) is 19.2 Å². The van der Waals surface area contributed by atoms with Gasteiger partial charge in [0.2, 0.25) is 0 Å². The summed E-state index contributed by atoms with van der Waals surface area (Å²) in [5, 5.41) is 12.1. The molecule has 0 aliphatic carbocycles. The topological polar surface area (TPSA) is 41.5 Å². The maximum Gasteiger partial charge on any atom is 0.126 e. The van der Waals surface area contributed by atoms with Gasteiger partial charge < -0.3 is 15.2 Å². The zero-order valence-electron chi connectivity index (χ0n) is 8.03. The fourth-order valence-electron chi connectivity index (χ4n) is 1.04. The average Bonchev–Trinajstić information content (AvgIpc) is 2.15. The lowest BCUT2D eigenvalue weighted by Gasteiger charge is -2.11. The molecule has 1 aromatic rings. The van der Waals surface area contributed by atoms with Gasteiger partial charge in [0, 0.05) is 12.6 Å². The lowest BCUT2D eigenvalue weighted by atomic mass is 10.3. The third-order valence-corrected chi connectivity index (χ3v) is 1.68. The van der Waals surface area contributed by atoms with Crippen molar-refractivity contribution in [2.45, 2.75) is 6.10 Å². The summed E-state index contributed by atoms with van der Waals surface area (Å²) >= 11 is 0. The minimum atomic E-state index is -0.580. The van der Waals surface area contributed by atoms with Crippen molar-refractivity contribution >= 4 is 0 Å². The maximum atomic E-state index is 12.7. The van der Waals surface area contributed by atoms with Gasteiger partial charge in [0.05, 0.1) is 0 Å². The van der Waals surface area contributed by atoms with Crippen molar-refractivity contribution in [3.63, 3.8) is 0 Å². The van der Waals surface area contributed by atoms with E-state index in [0.29, 0.717) is 12.3 Å². The van der Waals surface area contributed by atoms with Crippen LogP contribution in [0.25, 0.3) is 0 Å². The number of likely N-dealkylation sites (N-methyl/N-ethyl adjacent to an activating group) is 1. The second kappa shape index (κ2) is 5.57. The number of aliphatic hydroxyl groups is 1. The summed E-state index contributed by atoms with van der Waals surface area (Å²) in [5.41, 5.74) is 0. The first kappa shape index (κ1) is 10.9. The number of hydrogen-bond donors (Lipinski definition) is 2. The molecule has 0 heterocycles. The quantitative estimate of drug-likeness (QED) is 0.736. The van der Waals surface area contributed by atoms with Gasteiger partial charge >= 0.3 is 0 Å². The molecule has 1 rings (SSSR count). The highest BCUT2D eigenvalue weighted by molar-refractivity contribution is 5.22. The van der Waals surface area contributed by atoms with Crippen molar-refractivity contribution in [2.24, 2.45) is 0 Å². The van der Waals surface area contributed by atoms with E-state index in [0.717, 1.165) is 0 Å². The first-order valence-corrected chi connectivity index (χ1v) is 4.43. The molecule has 0 fully saturated rings. The van der Waals surface area contributed by atoms with Crippen molar-refractivity contribution in [1.82, 2.24) is 5.32 Å². The molecule has 4 heteroatoms. The number of nitrogens with one attached hydrogen (secondary N) is 1. The van der Waals surface area contributed by atoms with Crippen molar-refractivity contribution in [3.05, 3.63) is 30.1 Å². The molecule has 14 heavy (non-hydrogen) atoms. The highest BCUT2D eigenvalue weighted by Gasteiger charge is 2.03. The fourth-order valence-corrected chi connectivity index (χ4v) is 1.04. The van der Waals surface area contributed by atoms with Gasteiger partial charge in [-0.15, -0.1) is 0 Å². The number of halogens is 1. The predicted molar refractivity (Wildman–Crippen MR) is 51.8 cm³/mol. The van der Waals surface area contributed by atoms with Gasteiger partial charge in [-0.25, -0.2) is 4.39 Å². The zero-order valence-corrected chi connectivity index (χ0v) is 8.03. The van der Waals surface area contributed by atoms with E-state index in [-0.39, 0.29) is 12.4 Å². The molecular formula is C10H14FNO2. The lowest BCUT2D eigenvalue weighted by Crippen LogP contribution is -2.29. The number of aliphatic hydroxyl groups excluding tert-OH is 1. The average molecular weight is 199 g/mol. The molecule has 0 spiro atoms.